The fourth-order valence-corrected chi connectivity index (χ4v) is 5.44. The molecule has 0 spiro atoms. The standard InChI is InChI=1S/C20H25BrN2O2S/c1-3-4-5-8-13-22-20-16-9-6-7-10-18(16)23(2)26(24,25)19-14-15(21)11-12-17(19)20/h6-7,9-12,14,20,22H,3-5,8,13H2,1-2H3. The van der Waals surface area contributed by atoms with Gasteiger partial charge in [-0.05, 0) is 42.3 Å². The van der Waals surface area contributed by atoms with Crippen molar-refractivity contribution in [3.05, 3.63) is 58.1 Å². The van der Waals surface area contributed by atoms with Crippen LogP contribution in [-0.4, -0.2) is 22.0 Å². The molecule has 1 aliphatic rings. The highest BCUT2D eigenvalue weighted by molar-refractivity contribution is 9.10. The molecule has 0 aliphatic carbocycles. The molecule has 140 valence electrons. The Morgan fingerprint density at radius 2 is 1.85 bits per heavy atom. The molecule has 1 N–H and O–H groups in total. The predicted molar refractivity (Wildman–Crippen MR) is 110 cm³/mol. The van der Waals surface area contributed by atoms with Crippen molar-refractivity contribution in [3.8, 4) is 0 Å². The lowest BCUT2D eigenvalue weighted by molar-refractivity contribution is 0.550. The van der Waals surface area contributed by atoms with Crippen LogP contribution in [-0.2, 0) is 10.0 Å². The van der Waals surface area contributed by atoms with Crippen molar-refractivity contribution < 1.29 is 8.42 Å². The van der Waals surface area contributed by atoms with E-state index in [0.717, 1.165) is 34.3 Å². The summed E-state index contributed by atoms with van der Waals surface area (Å²) < 4.78 is 28.5. The van der Waals surface area contributed by atoms with E-state index in [-0.39, 0.29) is 6.04 Å². The van der Waals surface area contributed by atoms with Crippen molar-refractivity contribution in [1.82, 2.24) is 5.32 Å². The number of halogens is 1. The van der Waals surface area contributed by atoms with Gasteiger partial charge < -0.3 is 5.32 Å². The molecule has 0 saturated heterocycles. The highest BCUT2D eigenvalue weighted by Crippen LogP contribution is 2.40. The smallest absolute Gasteiger partial charge is 0.264 e. The molecule has 2 aromatic carbocycles. The number of hydrogen-bond donors (Lipinski definition) is 1. The fraction of sp³-hybridized carbons (Fsp3) is 0.400. The lowest BCUT2D eigenvalue weighted by Gasteiger charge is -2.22. The van der Waals surface area contributed by atoms with Gasteiger partial charge >= 0.3 is 0 Å². The number of sulfonamides is 1. The third-order valence-electron chi connectivity index (χ3n) is 4.89. The summed E-state index contributed by atoms with van der Waals surface area (Å²) in [5.74, 6) is 0. The summed E-state index contributed by atoms with van der Waals surface area (Å²) in [6.07, 6.45) is 4.69. The molecule has 1 heterocycles. The lowest BCUT2D eigenvalue weighted by atomic mass is 9.96. The van der Waals surface area contributed by atoms with Gasteiger partial charge in [-0.1, -0.05) is 66.4 Å². The first-order valence-corrected chi connectivity index (χ1v) is 11.3. The van der Waals surface area contributed by atoms with Crippen LogP contribution in [0.3, 0.4) is 0 Å². The maximum Gasteiger partial charge on any atom is 0.264 e. The summed E-state index contributed by atoms with van der Waals surface area (Å²) in [5.41, 5.74) is 2.53. The van der Waals surface area contributed by atoms with Crippen LogP contribution in [0.25, 0.3) is 0 Å². The highest BCUT2D eigenvalue weighted by atomic mass is 79.9. The molecular formula is C20H25BrN2O2S. The van der Waals surface area contributed by atoms with E-state index in [2.05, 4.69) is 28.2 Å². The van der Waals surface area contributed by atoms with Crippen molar-refractivity contribution in [2.24, 2.45) is 0 Å². The normalized spacial score (nSPS) is 18.1. The molecule has 4 nitrogen and oxygen atoms in total. The molecule has 1 atom stereocenters. The molecule has 6 heteroatoms. The summed E-state index contributed by atoms with van der Waals surface area (Å²) in [6.45, 7) is 3.06. The van der Waals surface area contributed by atoms with Crippen molar-refractivity contribution >= 4 is 31.6 Å². The second-order valence-electron chi connectivity index (χ2n) is 6.66. The van der Waals surface area contributed by atoms with Crippen LogP contribution in [0.2, 0.25) is 0 Å². The van der Waals surface area contributed by atoms with E-state index in [1.54, 1.807) is 13.1 Å². The number of para-hydroxylation sites is 1. The average molecular weight is 437 g/mol. The maximum atomic E-state index is 13.2. The molecular weight excluding hydrogens is 412 g/mol. The first-order valence-electron chi connectivity index (χ1n) is 9.07. The average Bonchev–Trinajstić information content (AvgIpc) is 2.70. The van der Waals surface area contributed by atoms with E-state index in [0.29, 0.717) is 4.90 Å². The number of hydrogen-bond acceptors (Lipinski definition) is 3. The monoisotopic (exact) mass is 436 g/mol. The second-order valence-corrected chi connectivity index (χ2v) is 9.51. The molecule has 3 rings (SSSR count). The molecule has 1 aliphatic heterocycles. The summed E-state index contributed by atoms with van der Waals surface area (Å²) in [4.78, 5) is 0.358. The number of anilines is 1. The topological polar surface area (TPSA) is 49.4 Å². The number of unbranched alkanes of at least 4 members (excludes halogenated alkanes) is 3. The molecule has 2 aromatic rings. The number of nitrogens with zero attached hydrogens (tertiary/aromatic N) is 1. The SMILES string of the molecule is CCCCCCNC1c2ccccc2N(C)S(=O)(=O)c2cc(Br)ccc21. The van der Waals surface area contributed by atoms with E-state index in [4.69, 9.17) is 0 Å². The first kappa shape index (κ1) is 19.4. The number of benzene rings is 2. The molecule has 0 aromatic heterocycles. The highest BCUT2D eigenvalue weighted by Gasteiger charge is 2.34. The minimum atomic E-state index is -3.60. The zero-order chi connectivity index (χ0) is 18.7. The van der Waals surface area contributed by atoms with Crippen molar-refractivity contribution in [2.75, 3.05) is 17.9 Å². The van der Waals surface area contributed by atoms with Gasteiger partial charge in [-0.15, -0.1) is 0 Å². The van der Waals surface area contributed by atoms with Crippen LogP contribution in [0.4, 0.5) is 5.69 Å². The van der Waals surface area contributed by atoms with E-state index < -0.39 is 10.0 Å². The Bertz CT molecular complexity index is 883. The summed E-state index contributed by atoms with van der Waals surface area (Å²) in [7, 11) is -1.97. The number of fused-ring (bicyclic) bond motifs is 2. The van der Waals surface area contributed by atoms with Gasteiger partial charge in [-0.3, -0.25) is 4.31 Å². The van der Waals surface area contributed by atoms with Gasteiger partial charge in [-0.25, -0.2) is 8.42 Å². The van der Waals surface area contributed by atoms with Gasteiger partial charge in [0.05, 0.1) is 16.6 Å². The second kappa shape index (κ2) is 8.11. The third-order valence-corrected chi connectivity index (χ3v) is 7.21. The Morgan fingerprint density at radius 1 is 1.08 bits per heavy atom. The Balaban J connectivity index is 2.07. The minimum absolute atomic E-state index is 0.143. The molecule has 0 bridgehead atoms. The first-order chi connectivity index (χ1) is 12.5. The quantitative estimate of drug-likeness (QED) is 0.658. The Labute approximate surface area is 164 Å². The molecule has 1 unspecified atom stereocenters. The summed E-state index contributed by atoms with van der Waals surface area (Å²) in [5, 5.41) is 3.60. The molecule has 26 heavy (non-hydrogen) atoms. The van der Waals surface area contributed by atoms with Gasteiger partial charge in [-0.2, -0.15) is 0 Å². The Kier molecular flexibility index (Phi) is 6.05. The van der Waals surface area contributed by atoms with Crippen LogP contribution >= 0.6 is 15.9 Å². The number of nitrogens with one attached hydrogen (secondary N) is 1. The van der Waals surface area contributed by atoms with Gasteiger partial charge in [0.15, 0.2) is 0 Å². The van der Waals surface area contributed by atoms with E-state index >= 15 is 0 Å². The van der Waals surface area contributed by atoms with Gasteiger partial charge in [0.25, 0.3) is 10.0 Å². The third kappa shape index (κ3) is 3.68. The Morgan fingerprint density at radius 3 is 2.62 bits per heavy atom. The van der Waals surface area contributed by atoms with Gasteiger partial charge in [0.1, 0.15) is 0 Å². The van der Waals surface area contributed by atoms with E-state index in [1.165, 1.54) is 23.6 Å². The summed E-state index contributed by atoms with van der Waals surface area (Å²) in [6, 6.07) is 13.1. The van der Waals surface area contributed by atoms with E-state index in [1.807, 2.05) is 36.4 Å². The van der Waals surface area contributed by atoms with Crippen molar-refractivity contribution in [2.45, 2.75) is 43.5 Å². The zero-order valence-electron chi connectivity index (χ0n) is 15.2. The molecule has 0 radical (unpaired) electrons. The van der Waals surface area contributed by atoms with Crippen LogP contribution in [0.15, 0.2) is 51.8 Å². The van der Waals surface area contributed by atoms with Crippen molar-refractivity contribution in [1.29, 1.82) is 0 Å². The molecule has 0 saturated carbocycles. The maximum absolute atomic E-state index is 13.2. The fourth-order valence-electron chi connectivity index (χ4n) is 3.45. The molecule has 0 fully saturated rings. The van der Waals surface area contributed by atoms with Gasteiger partial charge in [0, 0.05) is 11.5 Å². The lowest BCUT2D eigenvalue weighted by Crippen LogP contribution is -2.26. The van der Waals surface area contributed by atoms with Crippen LogP contribution < -0.4 is 9.62 Å². The molecule has 0 amide bonds. The zero-order valence-corrected chi connectivity index (χ0v) is 17.6. The van der Waals surface area contributed by atoms with E-state index in [9.17, 15) is 8.42 Å². The van der Waals surface area contributed by atoms with Gasteiger partial charge in [0.2, 0.25) is 0 Å². The van der Waals surface area contributed by atoms with Crippen LogP contribution in [0.5, 0.6) is 0 Å². The minimum Gasteiger partial charge on any atom is -0.306 e. The number of rotatable bonds is 6. The van der Waals surface area contributed by atoms with Crippen LogP contribution in [0, 0.1) is 0 Å². The van der Waals surface area contributed by atoms with Crippen LogP contribution in [0.1, 0.15) is 49.8 Å². The predicted octanol–water partition coefficient (Wildman–Crippen LogP) is 4.85. The summed E-state index contributed by atoms with van der Waals surface area (Å²) >= 11 is 3.42. The Hall–Kier alpha value is -1.37. The van der Waals surface area contributed by atoms with Crippen molar-refractivity contribution in [3.63, 3.8) is 0 Å². The largest absolute Gasteiger partial charge is 0.306 e.